The van der Waals surface area contributed by atoms with Gasteiger partial charge in [-0.3, -0.25) is 0 Å². The number of sulfone groups is 1. The van der Waals surface area contributed by atoms with Crippen LogP contribution in [0.15, 0.2) is 24.3 Å². The first-order valence-corrected chi connectivity index (χ1v) is 8.58. The lowest BCUT2D eigenvalue weighted by molar-refractivity contribution is 0.600. The molecule has 1 aliphatic rings. The largest absolute Gasteiger partial charge is 0.359 e. The van der Waals surface area contributed by atoms with Crippen LogP contribution in [0.5, 0.6) is 0 Å². The number of benzene rings is 1. The van der Waals surface area contributed by atoms with Crippen molar-refractivity contribution in [2.45, 2.75) is 25.8 Å². The summed E-state index contributed by atoms with van der Waals surface area (Å²) in [7, 11) is -2.87. The van der Waals surface area contributed by atoms with Crippen molar-refractivity contribution < 1.29 is 8.42 Å². The van der Waals surface area contributed by atoms with E-state index in [9.17, 15) is 8.42 Å². The summed E-state index contributed by atoms with van der Waals surface area (Å²) in [5, 5.41) is 6.60. The highest BCUT2D eigenvalue weighted by Crippen LogP contribution is 2.13. The molecule has 1 aromatic carbocycles. The first kappa shape index (κ1) is 14.3. The fraction of sp³-hybridized carbons (Fsp3) is 0.462. The topological polar surface area (TPSA) is 58.2 Å². The molecule has 0 aliphatic carbocycles. The van der Waals surface area contributed by atoms with Crippen LogP contribution in [0.1, 0.15) is 18.9 Å². The van der Waals surface area contributed by atoms with Crippen LogP contribution in [0.2, 0.25) is 0 Å². The number of anilines is 1. The van der Waals surface area contributed by atoms with Gasteiger partial charge < -0.3 is 10.6 Å². The molecular formula is C13H18N2O2S2. The van der Waals surface area contributed by atoms with Gasteiger partial charge in [0.2, 0.25) is 0 Å². The highest BCUT2D eigenvalue weighted by atomic mass is 32.2. The lowest BCUT2D eigenvalue weighted by Crippen LogP contribution is -2.38. The normalized spacial score (nSPS) is 21.0. The minimum absolute atomic E-state index is 0.0695. The quantitative estimate of drug-likeness (QED) is 0.832. The lowest BCUT2D eigenvalue weighted by Gasteiger charge is -2.15. The molecule has 1 saturated heterocycles. The molecule has 0 bridgehead atoms. The van der Waals surface area contributed by atoms with Gasteiger partial charge in [0.1, 0.15) is 0 Å². The summed E-state index contributed by atoms with van der Waals surface area (Å²) < 4.78 is 22.7. The van der Waals surface area contributed by atoms with Crippen LogP contribution in [0, 0.1) is 0 Å². The molecule has 0 spiro atoms. The second-order valence-corrected chi connectivity index (χ2v) is 7.39. The van der Waals surface area contributed by atoms with E-state index in [1.165, 1.54) is 5.56 Å². The molecule has 0 amide bonds. The maximum Gasteiger partial charge on any atom is 0.171 e. The van der Waals surface area contributed by atoms with Gasteiger partial charge in [-0.1, -0.05) is 19.1 Å². The second kappa shape index (κ2) is 5.88. The van der Waals surface area contributed by atoms with E-state index in [-0.39, 0.29) is 17.5 Å². The molecule has 4 nitrogen and oxygen atoms in total. The number of nitrogens with one attached hydrogen (secondary N) is 2. The standard InChI is InChI=1S/C13H18N2O2S2/c1-2-10-3-5-11(6-4-10)14-13(18)15-12-7-8-19(16,17)9-12/h3-6,12H,2,7-9H2,1H3,(H2,14,15,18). The smallest absolute Gasteiger partial charge is 0.171 e. The van der Waals surface area contributed by atoms with Gasteiger partial charge >= 0.3 is 0 Å². The molecule has 1 unspecified atom stereocenters. The summed E-state index contributed by atoms with van der Waals surface area (Å²) in [6.45, 7) is 2.11. The van der Waals surface area contributed by atoms with E-state index in [1.807, 2.05) is 24.3 Å². The van der Waals surface area contributed by atoms with Crippen LogP contribution in [0.3, 0.4) is 0 Å². The summed E-state index contributed by atoms with van der Waals surface area (Å²) in [6.07, 6.45) is 1.63. The Balaban J connectivity index is 1.87. The Labute approximate surface area is 119 Å². The monoisotopic (exact) mass is 298 g/mol. The van der Waals surface area contributed by atoms with Crippen molar-refractivity contribution in [1.82, 2.24) is 5.32 Å². The maximum absolute atomic E-state index is 11.3. The van der Waals surface area contributed by atoms with Crippen LogP contribution >= 0.6 is 12.2 Å². The number of aryl methyl sites for hydroxylation is 1. The van der Waals surface area contributed by atoms with Crippen LogP contribution in [-0.4, -0.2) is 31.1 Å². The van der Waals surface area contributed by atoms with Crippen LogP contribution in [-0.2, 0) is 16.3 Å². The summed E-state index contributed by atoms with van der Waals surface area (Å²) in [4.78, 5) is 0. The van der Waals surface area contributed by atoms with E-state index in [0.717, 1.165) is 12.1 Å². The predicted molar refractivity (Wildman–Crippen MR) is 82.2 cm³/mol. The summed E-state index contributed by atoms with van der Waals surface area (Å²) in [6, 6.07) is 7.96. The molecule has 6 heteroatoms. The van der Waals surface area contributed by atoms with Gasteiger partial charge in [0.15, 0.2) is 14.9 Å². The molecule has 1 fully saturated rings. The van der Waals surface area contributed by atoms with Crippen LogP contribution in [0.4, 0.5) is 5.69 Å². The molecule has 2 rings (SSSR count). The molecule has 19 heavy (non-hydrogen) atoms. The molecule has 0 radical (unpaired) electrons. The molecule has 1 aliphatic heterocycles. The molecule has 104 valence electrons. The van der Waals surface area contributed by atoms with Crippen molar-refractivity contribution in [1.29, 1.82) is 0 Å². The zero-order chi connectivity index (χ0) is 13.9. The molecule has 0 aromatic heterocycles. The van der Waals surface area contributed by atoms with Gasteiger partial charge in [-0.15, -0.1) is 0 Å². The van der Waals surface area contributed by atoms with E-state index in [1.54, 1.807) is 0 Å². The third-order valence-electron chi connectivity index (χ3n) is 3.19. The van der Waals surface area contributed by atoms with E-state index in [2.05, 4.69) is 17.6 Å². The highest BCUT2D eigenvalue weighted by Gasteiger charge is 2.28. The van der Waals surface area contributed by atoms with Crippen molar-refractivity contribution in [3.8, 4) is 0 Å². The Hall–Kier alpha value is -1.14. The minimum Gasteiger partial charge on any atom is -0.359 e. The summed E-state index contributed by atoms with van der Waals surface area (Å²) >= 11 is 5.19. The summed E-state index contributed by atoms with van der Waals surface area (Å²) in [5.41, 5.74) is 2.18. The third-order valence-corrected chi connectivity index (χ3v) is 5.18. The van der Waals surface area contributed by atoms with Gasteiger partial charge in [-0.2, -0.15) is 0 Å². The highest BCUT2D eigenvalue weighted by molar-refractivity contribution is 7.91. The molecule has 1 heterocycles. The van der Waals surface area contributed by atoms with Gasteiger partial charge in [0, 0.05) is 11.7 Å². The summed E-state index contributed by atoms with van der Waals surface area (Å²) in [5.74, 6) is 0.419. The zero-order valence-corrected chi connectivity index (χ0v) is 12.5. The number of hydrogen-bond acceptors (Lipinski definition) is 3. The van der Waals surface area contributed by atoms with Crippen molar-refractivity contribution in [2.75, 3.05) is 16.8 Å². The average molecular weight is 298 g/mol. The minimum atomic E-state index is -2.87. The number of rotatable bonds is 3. The SMILES string of the molecule is CCc1ccc(NC(=S)NC2CCS(=O)(=O)C2)cc1. The molecule has 0 saturated carbocycles. The molecule has 1 aromatic rings. The van der Waals surface area contributed by atoms with Crippen molar-refractivity contribution in [3.05, 3.63) is 29.8 Å². The van der Waals surface area contributed by atoms with E-state index in [4.69, 9.17) is 12.2 Å². The van der Waals surface area contributed by atoms with Crippen molar-refractivity contribution in [3.63, 3.8) is 0 Å². The first-order valence-electron chi connectivity index (χ1n) is 6.35. The molecule has 1 atom stereocenters. The lowest BCUT2D eigenvalue weighted by atomic mass is 10.1. The Morgan fingerprint density at radius 3 is 2.58 bits per heavy atom. The average Bonchev–Trinajstić information content (AvgIpc) is 2.69. The van der Waals surface area contributed by atoms with Crippen LogP contribution in [0.25, 0.3) is 0 Å². The number of thiocarbonyl (C=S) groups is 1. The van der Waals surface area contributed by atoms with Gasteiger partial charge in [0.25, 0.3) is 0 Å². The van der Waals surface area contributed by atoms with Gasteiger partial charge in [-0.05, 0) is 42.8 Å². The van der Waals surface area contributed by atoms with E-state index in [0.29, 0.717) is 11.5 Å². The fourth-order valence-electron chi connectivity index (χ4n) is 2.09. The van der Waals surface area contributed by atoms with Crippen molar-refractivity contribution in [2.24, 2.45) is 0 Å². The van der Waals surface area contributed by atoms with Gasteiger partial charge in [-0.25, -0.2) is 8.42 Å². The van der Waals surface area contributed by atoms with E-state index < -0.39 is 9.84 Å². The van der Waals surface area contributed by atoms with Crippen LogP contribution < -0.4 is 10.6 Å². The molecular weight excluding hydrogens is 280 g/mol. The molecule has 2 N–H and O–H groups in total. The predicted octanol–water partition coefficient (Wildman–Crippen LogP) is 1.72. The number of hydrogen-bond donors (Lipinski definition) is 2. The van der Waals surface area contributed by atoms with Gasteiger partial charge in [0.05, 0.1) is 11.5 Å². The second-order valence-electron chi connectivity index (χ2n) is 4.75. The Morgan fingerprint density at radius 1 is 1.37 bits per heavy atom. The fourth-order valence-corrected chi connectivity index (χ4v) is 4.04. The van der Waals surface area contributed by atoms with E-state index >= 15 is 0 Å². The maximum atomic E-state index is 11.3. The zero-order valence-electron chi connectivity index (χ0n) is 10.8. The Morgan fingerprint density at radius 2 is 2.05 bits per heavy atom. The Bertz CT molecular complexity index is 553. The van der Waals surface area contributed by atoms with Crippen molar-refractivity contribution >= 4 is 32.9 Å². The third kappa shape index (κ3) is 4.18. The first-order chi connectivity index (χ1) is 8.98. The Kier molecular flexibility index (Phi) is 4.42.